The van der Waals surface area contributed by atoms with E-state index in [0.717, 1.165) is 22.1 Å². The van der Waals surface area contributed by atoms with E-state index in [0.29, 0.717) is 31.5 Å². The van der Waals surface area contributed by atoms with Crippen LogP contribution in [0.1, 0.15) is 17.0 Å². The van der Waals surface area contributed by atoms with Crippen LogP contribution >= 0.6 is 11.6 Å². The minimum absolute atomic E-state index is 0.0787. The summed E-state index contributed by atoms with van der Waals surface area (Å²) in [6.45, 7) is 3.15. The predicted octanol–water partition coefficient (Wildman–Crippen LogP) is 3.16. The zero-order valence-corrected chi connectivity index (χ0v) is 15.9. The topological polar surface area (TPSA) is 66.7 Å². The molecule has 2 heterocycles. The molecule has 1 aromatic carbocycles. The van der Waals surface area contributed by atoms with Gasteiger partial charge in [0.2, 0.25) is 10.0 Å². The molecule has 2 aromatic rings. The molecule has 0 N–H and O–H groups in total. The van der Waals surface area contributed by atoms with Crippen molar-refractivity contribution in [3.8, 4) is 0 Å². The van der Waals surface area contributed by atoms with E-state index in [4.69, 9.17) is 16.1 Å². The number of rotatable bonds is 4. The molecular weight excluding hydrogens is 407 g/mol. The Balaban J connectivity index is 1.76. The summed E-state index contributed by atoms with van der Waals surface area (Å²) in [5.74, 6) is 0.654. The third kappa shape index (κ3) is 4.45. The number of piperazine rings is 1. The fraction of sp³-hybridized carbons (Fsp3) is 0.438. The van der Waals surface area contributed by atoms with Gasteiger partial charge in [-0.1, -0.05) is 16.8 Å². The first kappa shape index (κ1) is 20.1. The average Bonchev–Trinajstić information content (AvgIpc) is 2.99. The largest absolute Gasteiger partial charge is 0.417 e. The van der Waals surface area contributed by atoms with Crippen molar-refractivity contribution < 1.29 is 26.1 Å². The number of sulfonamides is 1. The molecule has 0 aliphatic carbocycles. The smallest absolute Gasteiger partial charge is 0.360 e. The quantitative estimate of drug-likeness (QED) is 0.755. The van der Waals surface area contributed by atoms with Gasteiger partial charge >= 0.3 is 6.18 Å². The van der Waals surface area contributed by atoms with Gasteiger partial charge in [0.1, 0.15) is 0 Å². The maximum Gasteiger partial charge on any atom is 0.417 e. The number of aryl methyl sites for hydroxylation is 1. The van der Waals surface area contributed by atoms with Gasteiger partial charge in [-0.05, 0) is 25.1 Å². The molecule has 0 unspecified atom stereocenters. The molecule has 11 heteroatoms. The summed E-state index contributed by atoms with van der Waals surface area (Å²) < 4.78 is 71.5. The summed E-state index contributed by atoms with van der Waals surface area (Å²) in [5.41, 5.74) is -0.511. The number of halogens is 4. The van der Waals surface area contributed by atoms with Crippen LogP contribution in [0.4, 0.5) is 13.2 Å². The first-order chi connectivity index (χ1) is 12.6. The summed E-state index contributed by atoms with van der Waals surface area (Å²) in [7, 11) is -4.29. The molecule has 148 valence electrons. The van der Waals surface area contributed by atoms with Gasteiger partial charge in [-0.15, -0.1) is 0 Å². The van der Waals surface area contributed by atoms with E-state index in [1.807, 2.05) is 4.90 Å². The van der Waals surface area contributed by atoms with Crippen molar-refractivity contribution in [3.05, 3.63) is 46.3 Å². The molecule has 1 aromatic heterocycles. The van der Waals surface area contributed by atoms with E-state index >= 15 is 0 Å². The monoisotopic (exact) mass is 423 g/mol. The highest BCUT2D eigenvalue weighted by Gasteiger charge is 2.40. The number of alkyl halides is 3. The zero-order valence-electron chi connectivity index (χ0n) is 14.3. The predicted molar refractivity (Wildman–Crippen MR) is 91.7 cm³/mol. The molecule has 1 saturated heterocycles. The molecule has 6 nitrogen and oxygen atoms in total. The summed E-state index contributed by atoms with van der Waals surface area (Å²) in [6.07, 6.45) is -4.82. The van der Waals surface area contributed by atoms with Crippen LogP contribution in [0.25, 0.3) is 0 Å². The van der Waals surface area contributed by atoms with Crippen LogP contribution in [0.15, 0.2) is 33.7 Å². The number of aromatic nitrogens is 1. The normalized spacial score (nSPS) is 17.4. The van der Waals surface area contributed by atoms with Crippen LogP contribution < -0.4 is 0 Å². The minimum Gasteiger partial charge on any atom is -0.360 e. The molecule has 0 bridgehead atoms. The fourth-order valence-corrected chi connectivity index (χ4v) is 4.71. The maximum absolute atomic E-state index is 13.3. The van der Waals surface area contributed by atoms with Crippen LogP contribution in [0.2, 0.25) is 5.02 Å². The van der Waals surface area contributed by atoms with Crippen molar-refractivity contribution in [1.29, 1.82) is 0 Å². The summed E-state index contributed by atoms with van der Waals surface area (Å²) in [6, 6.07) is 4.47. The lowest BCUT2D eigenvalue weighted by atomic mass is 10.2. The molecular formula is C16H17ClF3N3O3S. The van der Waals surface area contributed by atoms with E-state index in [1.165, 1.54) is 0 Å². The lowest BCUT2D eigenvalue weighted by Crippen LogP contribution is -2.48. The highest BCUT2D eigenvalue weighted by atomic mass is 35.5. The summed E-state index contributed by atoms with van der Waals surface area (Å²) in [5, 5.41) is 3.62. The molecule has 0 saturated carbocycles. The van der Waals surface area contributed by atoms with Crippen molar-refractivity contribution in [2.45, 2.75) is 24.5 Å². The molecule has 1 aliphatic rings. The highest BCUT2D eigenvalue weighted by Crippen LogP contribution is 2.37. The van der Waals surface area contributed by atoms with E-state index in [-0.39, 0.29) is 18.1 Å². The summed E-state index contributed by atoms with van der Waals surface area (Å²) in [4.78, 5) is 1.18. The third-order valence-electron chi connectivity index (χ3n) is 4.25. The van der Waals surface area contributed by atoms with Gasteiger partial charge in [-0.3, -0.25) is 4.90 Å². The van der Waals surface area contributed by atoms with Gasteiger partial charge in [0.25, 0.3) is 0 Å². The Morgan fingerprint density at radius 2 is 1.85 bits per heavy atom. The number of benzene rings is 1. The van der Waals surface area contributed by atoms with Crippen molar-refractivity contribution in [2.75, 3.05) is 26.2 Å². The molecule has 3 rings (SSSR count). The third-order valence-corrected chi connectivity index (χ3v) is 6.44. The van der Waals surface area contributed by atoms with Gasteiger partial charge in [-0.25, -0.2) is 8.42 Å². The Labute approximate surface area is 159 Å². The van der Waals surface area contributed by atoms with Crippen molar-refractivity contribution in [2.24, 2.45) is 0 Å². The van der Waals surface area contributed by atoms with Gasteiger partial charge in [0, 0.05) is 37.3 Å². The molecule has 0 radical (unpaired) electrons. The zero-order chi connectivity index (χ0) is 19.8. The van der Waals surface area contributed by atoms with Crippen molar-refractivity contribution in [1.82, 2.24) is 14.4 Å². The van der Waals surface area contributed by atoms with Gasteiger partial charge in [0.05, 0.1) is 22.7 Å². The Morgan fingerprint density at radius 3 is 2.41 bits per heavy atom. The molecule has 1 fully saturated rings. The van der Waals surface area contributed by atoms with Crippen molar-refractivity contribution >= 4 is 21.6 Å². The Kier molecular flexibility index (Phi) is 5.53. The standard InChI is InChI=1S/C16H17ClF3N3O3S/c1-11-8-13(26-21-11)10-22-4-6-23(7-5-22)27(24,25)15-3-2-12(17)9-14(15)16(18,19)20/h2-3,8-9H,4-7,10H2,1H3. The van der Waals surface area contributed by atoms with Gasteiger partial charge < -0.3 is 4.52 Å². The first-order valence-electron chi connectivity index (χ1n) is 8.09. The molecule has 0 spiro atoms. The number of hydrogen-bond donors (Lipinski definition) is 0. The van der Waals surface area contributed by atoms with Crippen LogP contribution in [0, 0.1) is 6.92 Å². The van der Waals surface area contributed by atoms with E-state index < -0.39 is 26.7 Å². The van der Waals surface area contributed by atoms with Crippen LogP contribution in [-0.2, 0) is 22.7 Å². The Hall–Kier alpha value is -1.62. The highest BCUT2D eigenvalue weighted by molar-refractivity contribution is 7.89. The van der Waals surface area contributed by atoms with E-state index in [2.05, 4.69) is 5.16 Å². The lowest BCUT2D eigenvalue weighted by molar-refractivity contribution is -0.139. The Morgan fingerprint density at radius 1 is 1.19 bits per heavy atom. The number of hydrogen-bond acceptors (Lipinski definition) is 5. The second kappa shape index (κ2) is 7.42. The van der Waals surface area contributed by atoms with Gasteiger partial charge in [0.15, 0.2) is 5.76 Å². The first-order valence-corrected chi connectivity index (χ1v) is 9.90. The summed E-state index contributed by atoms with van der Waals surface area (Å²) >= 11 is 5.63. The average molecular weight is 424 g/mol. The fourth-order valence-electron chi connectivity index (χ4n) is 2.93. The maximum atomic E-state index is 13.3. The molecule has 1 aliphatic heterocycles. The Bertz CT molecular complexity index is 922. The SMILES string of the molecule is Cc1cc(CN2CCN(S(=O)(=O)c3ccc(Cl)cc3C(F)(F)F)CC2)on1. The minimum atomic E-state index is -4.82. The van der Waals surface area contributed by atoms with Gasteiger partial charge in [-0.2, -0.15) is 17.5 Å². The second-order valence-corrected chi connectivity index (χ2v) is 8.60. The van der Waals surface area contributed by atoms with Crippen LogP contribution in [0.3, 0.4) is 0 Å². The number of nitrogens with zero attached hydrogens (tertiary/aromatic N) is 3. The van der Waals surface area contributed by atoms with E-state index in [1.54, 1.807) is 13.0 Å². The van der Waals surface area contributed by atoms with Crippen molar-refractivity contribution in [3.63, 3.8) is 0 Å². The van der Waals surface area contributed by atoms with Crippen LogP contribution in [-0.4, -0.2) is 49.0 Å². The molecule has 0 amide bonds. The lowest BCUT2D eigenvalue weighted by Gasteiger charge is -2.33. The van der Waals surface area contributed by atoms with E-state index in [9.17, 15) is 21.6 Å². The second-order valence-electron chi connectivity index (χ2n) is 6.25. The van der Waals surface area contributed by atoms with Crippen LogP contribution in [0.5, 0.6) is 0 Å². The molecule has 0 atom stereocenters. The molecule has 27 heavy (non-hydrogen) atoms.